The van der Waals surface area contributed by atoms with E-state index in [1.165, 1.54) is 0 Å². The molecular weight excluding hydrogens is 252 g/mol. The molecule has 1 atom stereocenters. The zero-order chi connectivity index (χ0) is 16.2. The van der Waals surface area contributed by atoms with Gasteiger partial charge < -0.3 is 20.8 Å². The highest BCUT2D eigenvalue weighted by atomic mass is 16.3. The van der Waals surface area contributed by atoms with Gasteiger partial charge in [-0.2, -0.15) is 0 Å². The lowest BCUT2D eigenvalue weighted by molar-refractivity contribution is 0.101. The van der Waals surface area contributed by atoms with Gasteiger partial charge in [-0.15, -0.1) is 0 Å². The Balaban J connectivity index is 4.93. The topological polar surface area (TPSA) is 64.5 Å². The van der Waals surface area contributed by atoms with Crippen molar-refractivity contribution in [3.05, 3.63) is 0 Å². The minimum atomic E-state index is -0.301. The van der Waals surface area contributed by atoms with Gasteiger partial charge in [0.05, 0.1) is 13.2 Å². The minimum absolute atomic E-state index is 0.0751. The molecule has 0 aliphatic rings. The third-order valence-electron chi connectivity index (χ3n) is 3.72. The third-order valence-corrected chi connectivity index (χ3v) is 3.72. The largest absolute Gasteiger partial charge is 0.394 e. The van der Waals surface area contributed by atoms with Gasteiger partial charge in [0, 0.05) is 22.2 Å². The summed E-state index contributed by atoms with van der Waals surface area (Å²) in [7, 11) is 0. The highest BCUT2D eigenvalue weighted by molar-refractivity contribution is 4.98. The molecule has 4 heteroatoms. The van der Waals surface area contributed by atoms with E-state index < -0.39 is 0 Å². The van der Waals surface area contributed by atoms with Crippen LogP contribution >= 0.6 is 0 Å². The molecule has 0 aliphatic heterocycles. The van der Waals surface area contributed by atoms with Crippen LogP contribution in [-0.4, -0.2) is 45.6 Å². The minimum Gasteiger partial charge on any atom is -0.394 e. The molecule has 0 aromatic heterocycles. The molecule has 0 aliphatic carbocycles. The summed E-state index contributed by atoms with van der Waals surface area (Å²) in [4.78, 5) is 0. The molecule has 1 unspecified atom stereocenters. The van der Waals surface area contributed by atoms with E-state index in [4.69, 9.17) is 0 Å². The number of hydrogen-bond acceptors (Lipinski definition) is 4. The SMILES string of the molecule is CCC(C)(CC(C)(C)NC(C)(C)CO)NC(C)(C)CO. The van der Waals surface area contributed by atoms with Crippen LogP contribution in [0.1, 0.15) is 68.2 Å². The fourth-order valence-electron chi connectivity index (χ4n) is 3.09. The quantitative estimate of drug-likeness (QED) is 0.524. The van der Waals surface area contributed by atoms with E-state index in [0.29, 0.717) is 0 Å². The van der Waals surface area contributed by atoms with E-state index in [1.54, 1.807) is 0 Å². The molecule has 0 rings (SSSR count). The Kier molecular flexibility index (Phi) is 6.68. The summed E-state index contributed by atoms with van der Waals surface area (Å²) in [5, 5.41) is 26.0. The van der Waals surface area contributed by atoms with Crippen molar-refractivity contribution in [3.63, 3.8) is 0 Å². The molecule has 0 fully saturated rings. The monoisotopic (exact) mass is 288 g/mol. The lowest BCUT2D eigenvalue weighted by Crippen LogP contribution is -2.62. The fourth-order valence-corrected chi connectivity index (χ4v) is 3.09. The van der Waals surface area contributed by atoms with E-state index >= 15 is 0 Å². The Bertz CT molecular complexity index is 301. The van der Waals surface area contributed by atoms with Crippen molar-refractivity contribution in [2.75, 3.05) is 13.2 Å². The van der Waals surface area contributed by atoms with Crippen LogP contribution in [0, 0.1) is 0 Å². The Morgan fingerprint density at radius 1 is 0.700 bits per heavy atom. The van der Waals surface area contributed by atoms with Gasteiger partial charge in [-0.1, -0.05) is 6.92 Å². The summed E-state index contributed by atoms with van der Waals surface area (Å²) < 4.78 is 0. The van der Waals surface area contributed by atoms with Crippen molar-refractivity contribution in [2.24, 2.45) is 0 Å². The summed E-state index contributed by atoms with van der Waals surface area (Å²) in [6.45, 7) is 16.9. The first kappa shape index (κ1) is 19.8. The van der Waals surface area contributed by atoms with Gasteiger partial charge in [0.2, 0.25) is 0 Å². The number of aliphatic hydroxyl groups is 2. The van der Waals surface area contributed by atoms with Crippen LogP contribution in [-0.2, 0) is 0 Å². The van der Waals surface area contributed by atoms with Crippen molar-refractivity contribution >= 4 is 0 Å². The normalized spacial score (nSPS) is 17.1. The van der Waals surface area contributed by atoms with Gasteiger partial charge in [-0.05, 0) is 61.3 Å². The average Bonchev–Trinajstić information content (AvgIpc) is 2.26. The number of aliphatic hydroxyl groups excluding tert-OH is 2. The first-order valence-corrected chi connectivity index (χ1v) is 7.61. The molecule has 122 valence electrons. The second-order valence-corrected chi connectivity index (χ2v) is 8.31. The molecule has 0 saturated heterocycles. The molecule has 0 aromatic carbocycles. The summed E-state index contributed by atoms with van der Waals surface area (Å²) in [6.07, 6.45) is 1.88. The van der Waals surface area contributed by atoms with Crippen molar-refractivity contribution in [1.29, 1.82) is 0 Å². The zero-order valence-electron chi connectivity index (χ0n) is 14.7. The van der Waals surface area contributed by atoms with E-state index in [9.17, 15) is 10.2 Å². The van der Waals surface area contributed by atoms with Gasteiger partial charge in [0.1, 0.15) is 0 Å². The van der Waals surface area contributed by atoms with Crippen LogP contribution in [0.3, 0.4) is 0 Å². The molecule has 0 radical (unpaired) electrons. The fraction of sp³-hybridized carbons (Fsp3) is 1.00. The van der Waals surface area contributed by atoms with Crippen LogP contribution in [0.25, 0.3) is 0 Å². The molecule has 0 bridgehead atoms. The summed E-state index contributed by atoms with van der Waals surface area (Å²) >= 11 is 0. The standard InChI is InChI=1S/C16H36N2O2/c1-9-16(8,18-15(6,7)12-20)10-13(2,3)17-14(4,5)11-19/h17-20H,9-12H2,1-8H3. The van der Waals surface area contributed by atoms with E-state index in [2.05, 4.69) is 38.3 Å². The highest BCUT2D eigenvalue weighted by Gasteiger charge is 2.37. The molecule has 4 N–H and O–H groups in total. The maximum absolute atomic E-state index is 9.46. The van der Waals surface area contributed by atoms with Gasteiger partial charge in [-0.25, -0.2) is 0 Å². The second kappa shape index (κ2) is 6.73. The lowest BCUT2D eigenvalue weighted by Gasteiger charge is -2.45. The van der Waals surface area contributed by atoms with Crippen LogP contribution in [0.2, 0.25) is 0 Å². The van der Waals surface area contributed by atoms with E-state index in [1.807, 2.05) is 27.7 Å². The zero-order valence-corrected chi connectivity index (χ0v) is 14.7. The molecular formula is C16H36N2O2. The van der Waals surface area contributed by atoms with Gasteiger partial charge in [0.25, 0.3) is 0 Å². The van der Waals surface area contributed by atoms with Crippen LogP contribution in [0.5, 0.6) is 0 Å². The van der Waals surface area contributed by atoms with Gasteiger partial charge >= 0.3 is 0 Å². The molecule has 0 saturated carbocycles. The van der Waals surface area contributed by atoms with Gasteiger partial charge in [-0.3, -0.25) is 0 Å². The predicted molar refractivity (Wildman–Crippen MR) is 86.0 cm³/mol. The third kappa shape index (κ3) is 7.02. The molecule has 4 nitrogen and oxygen atoms in total. The van der Waals surface area contributed by atoms with Gasteiger partial charge in [0.15, 0.2) is 0 Å². The smallest absolute Gasteiger partial charge is 0.0608 e. The van der Waals surface area contributed by atoms with Crippen molar-refractivity contribution < 1.29 is 10.2 Å². The maximum atomic E-state index is 9.46. The van der Waals surface area contributed by atoms with Crippen LogP contribution in [0.15, 0.2) is 0 Å². The Labute approximate surface area is 125 Å². The van der Waals surface area contributed by atoms with E-state index in [0.717, 1.165) is 12.8 Å². The molecule has 0 amide bonds. The van der Waals surface area contributed by atoms with Crippen molar-refractivity contribution in [1.82, 2.24) is 10.6 Å². The molecule has 0 heterocycles. The Morgan fingerprint density at radius 3 is 1.45 bits per heavy atom. The first-order valence-electron chi connectivity index (χ1n) is 7.61. The molecule has 20 heavy (non-hydrogen) atoms. The number of nitrogens with one attached hydrogen (secondary N) is 2. The highest BCUT2D eigenvalue weighted by Crippen LogP contribution is 2.27. The Morgan fingerprint density at radius 2 is 1.10 bits per heavy atom. The number of rotatable bonds is 9. The average molecular weight is 288 g/mol. The molecule has 0 aromatic rings. The maximum Gasteiger partial charge on any atom is 0.0608 e. The first-order chi connectivity index (χ1) is 8.80. The predicted octanol–water partition coefficient (Wildman–Crippen LogP) is 2.04. The lowest BCUT2D eigenvalue weighted by atomic mass is 9.80. The van der Waals surface area contributed by atoms with Crippen LogP contribution < -0.4 is 10.6 Å². The van der Waals surface area contributed by atoms with Crippen LogP contribution in [0.4, 0.5) is 0 Å². The number of hydrogen-bond donors (Lipinski definition) is 4. The summed E-state index contributed by atoms with van der Waals surface area (Å²) in [5.41, 5.74) is -0.790. The second-order valence-electron chi connectivity index (χ2n) is 8.31. The van der Waals surface area contributed by atoms with Crippen molar-refractivity contribution in [3.8, 4) is 0 Å². The summed E-state index contributed by atoms with van der Waals surface area (Å²) in [5.74, 6) is 0. The Hall–Kier alpha value is -0.160. The van der Waals surface area contributed by atoms with E-state index in [-0.39, 0.29) is 35.4 Å². The van der Waals surface area contributed by atoms with Crippen molar-refractivity contribution in [2.45, 2.75) is 90.4 Å². The molecule has 0 spiro atoms. The summed E-state index contributed by atoms with van der Waals surface area (Å²) in [6, 6.07) is 0.